The lowest BCUT2D eigenvalue weighted by Gasteiger charge is -2.40. The number of carbonyl (C=O) groups is 1. The van der Waals surface area contributed by atoms with Crippen molar-refractivity contribution in [2.24, 2.45) is 5.73 Å². The third kappa shape index (κ3) is 3.27. The molecule has 4 heteroatoms. The number of piperazine rings is 1. The van der Waals surface area contributed by atoms with E-state index in [4.69, 9.17) is 5.73 Å². The van der Waals surface area contributed by atoms with E-state index in [1.54, 1.807) is 0 Å². The fourth-order valence-electron chi connectivity index (χ4n) is 3.82. The predicted molar refractivity (Wildman–Crippen MR) is 83.8 cm³/mol. The maximum atomic E-state index is 11.9. The van der Waals surface area contributed by atoms with Crippen molar-refractivity contribution < 1.29 is 4.79 Å². The first-order valence-corrected chi connectivity index (χ1v) is 8.08. The number of carbonyl (C=O) groups excluding carboxylic acids is 1. The van der Waals surface area contributed by atoms with Gasteiger partial charge in [0, 0.05) is 32.2 Å². The van der Waals surface area contributed by atoms with E-state index in [9.17, 15) is 4.79 Å². The molecule has 1 aromatic rings. The fraction of sp³-hybridized carbons (Fsp3) is 0.588. The van der Waals surface area contributed by atoms with Crippen LogP contribution in [0.15, 0.2) is 30.3 Å². The summed E-state index contributed by atoms with van der Waals surface area (Å²) < 4.78 is 0. The average molecular weight is 287 g/mol. The number of nitrogens with two attached hydrogens (primary N) is 1. The molecule has 2 fully saturated rings. The maximum Gasteiger partial charge on any atom is 0.239 e. The van der Waals surface area contributed by atoms with Gasteiger partial charge in [0.2, 0.25) is 5.91 Å². The summed E-state index contributed by atoms with van der Waals surface area (Å²) in [6.07, 6.45) is 5.44. The summed E-state index contributed by atoms with van der Waals surface area (Å²) in [6, 6.07) is 10.4. The summed E-state index contributed by atoms with van der Waals surface area (Å²) in [4.78, 5) is 16.7. The van der Waals surface area contributed by atoms with Crippen LogP contribution in [0.3, 0.4) is 0 Å². The van der Waals surface area contributed by atoms with Crippen LogP contribution < -0.4 is 5.73 Å². The molecule has 1 aromatic carbocycles. The third-order valence-electron chi connectivity index (χ3n) is 4.94. The molecular formula is C17H25N3O. The normalized spacial score (nSPS) is 23.2. The summed E-state index contributed by atoms with van der Waals surface area (Å²) in [6.45, 7) is 3.97. The highest BCUT2D eigenvalue weighted by molar-refractivity contribution is 5.81. The number of hydrogen-bond donors (Lipinski definition) is 1. The van der Waals surface area contributed by atoms with Crippen molar-refractivity contribution in [2.75, 3.05) is 26.2 Å². The van der Waals surface area contributed by atoms with Crippen LogP contribution >= 0.6 is 0 Å². The minimum absolute atomic E-state index is 0.240. The van der Waals surface area contributed by atoms with Gasteiger partial charge in [0.1, 0.15) is 6.04 Å². The van der Waals surface area contributed by atoms with Gasteiger partial charge in [-0.25, -0.2) is 0 Å². The highest BCUT2D eigenvalue weighted by atomic mass is 16.1. The molecule has 1 aliphatic heterocycles. The molecule has 0 aromatic heterocycles. The highest BCUT2D eigenvalue weighted by Gasteiger charge is 2.31. The van der Waals surface area contributed by atoms with Crippen LogP contribution in [0.2, 0.25) is 0 Å². The first-order chi connectivity index (χ1) is 10.3. The van der Waals surface area contributed by atoms with Gasteiger partial charge in [-0.1, -0.05) is 43.2 Å². The number of rotatable bonds is 4. The molecule has 1 atom stereocenters. The zero-order chi connectivity index (χ0) is 14.7. The summed E-state index contributed by atoms with van der Waals surface area (Å²) in [5, 5.41) is 0. The van der Waals surface area contributed by atoms with Crippen LogP contribution in [0.4, 0.5) is 0 Å². The van der Waals surface area contributed by atoms with Gasteiger partial charge in [0.15, 0.2) is 0 Å². The smallest absolute Gasteiger partial charge is 0.239 e. The van der Waals surface area contributed by atoms with E-state index in [2.05, 4.69) is 9.80 Å². The average Bonchev–Trinajstić information content (AvgIpc) is 3.03. The molecule has 0 unspecified atom stereocenters. The third-order valence-corrected chi connectivity index (χ3v) is 4.94. The van der Waals surface area contributed by atoms with E-state index in [0.29, 0.717) is 0 Å². The maximum absolute atomic E-state index is 11.9. The summed E-state index contributed by atoms with van der Waals surface area (Å²) in [5.74, 6) is -0.240. The zero-order valence-corrected chi connectivity index (χ0v) is 12.6. The quantitative estimate of drug-likeness (QED) is 0.918. The Balaban J connectivity index is 1.65. The lowest BCUT2D eigenvalue weighted by Crippen LogP contribution is -2.52. The Bertz CT molecular complexity index is 462. The lowest BCUT2D eigenvalue weighted by atomic mass is 10.0. The molecule has 1 amide bonds. The second-order valence-corrected chi connectivity index (χ2v) is 6.23. The van der Waals surface area contributed by atoms with Crippen LogP contribution in [0.1, 0.15) is 37.3 Å². The molecule has 3 rings (SSSR count). The number of hydrogen-bond acceptors (Lipinski definition) is 3. The summed E-state index contributed by atoms with van der Waals surface area (Å²) in [5.41, 5.74) is 6.68. The number of primary amides is 1. The molecule has 1 saturated carbocycles. The van der Waals surface area contributed by atoms with Gasteiger partial charge in [-0.15, -0.1) is 0 Å². The van der Waals surface area contributed by atoms with Gasteiger partial charge in [0.25, 0.3) is 0 Å². The Kier molecular flexibility index (Phi) is 4.56. The van der Waals surface area contributed by atoms with E-state index in [0.717, 1.165) is 37.8 Å². The van der Waals surface area contributed by atoms with Gasteiger partial charge in [-0.05, 0) is 18.4 Å². The molecular weight excluding hydrogens is 262 g/mol. The van der Waals surface area contributed by atoms with Crippen molar-refractivity contribution >= 4 is 5.91 Å². The second kappa shape index (κ2) is 6.58. The molecule has 0 radical (unpaired) electrons. The topological polar surface area (TPSA) is 49.6 Å². The summed E-state index contributed by atoms with van der Waals surface area (Å²) in [7, 11) is 0. The van der Waals surface area contributed by atoms with E-state index in [1.165, 1.54) is 25.7 Å². The molecule has 0 bridgehead atoms. The Morgan fingerprint density at radius 2 is 1.67 bits per heavy atom. The van der Waals surface area contributed by atoms with Crippen molar-refractivity contribution in [1.82, 2.24) is 9.80 Å². The number of amides is 1. The lowest BCUT2D eigenvalue weighted by molar-refractivity contribution is -0.124. The largest absolute Gasteiger partial charge is 0.368 e. The van der Waals surface area contributed by atoms with Crippen molar-refractivity contribution in [1.29, 1.82) is 0 Å². The van der Waals surface area contributed by atoms with Crippen molar-refractivity contribution in [3.63, 3.8) is 0 Å². The van der Waals surface area contributed by atoms with Crippen molar-refractivity contribution in [2.45, 2.75) is 37.8 Å². The molecule has 2 N–H and O–H groups in total. The molecule has 0 spiro atoms. The molecule has 1 aliphatic carbocycles. The van der Waals surface area contributed by atoms with Gasteiger partial charge >= 0.3 is 0 Å². The van der Waals surface area contributed by atoms with Gasteiger partial charge in [-0.3, -0.25) is 14.6 Å². The molecule has 4 nitrogen and oxygen atoms in total. The number of benzene rings is 1. The molecule has 1 saturated heterocycles. The van der Waals surface area contributed by atoms with Gasteiger partial charge < -0.3 is 5.73 Å². The van der Waals surface area contributed by atoms with Gasteiger partial charge in [-0.2, -0.15) is 0 Å². The second-order valence-electron chi connectivity index (χ2n) is 6.23. The van der Waals surface area contributed by atoms with Crippen LogP contribution in [0, 0.1) is 0 Å². The van der Waals surface area contributed by atoms with Gasteiger partial charge in [0.05, 0.1) is 0 Å². The summed E-state index contributed by atoms with van der Waals surface area (Å²) >= 11 is 0. The standard InChI is InChI=1S/C17H25N3O/c18-17(21)16(14-6-2-1-3-7-14)20-12-10-19(11-13-20)15-8-4-5-9-15/h1-3,6-7,15-16H,4-5,8-13H2,(H2,18,21)/t16-/m1/s1. The molecule has 21 heavy (non-hydrogen) atoms. The molecule has 2 aliphatic rings. The minimum Gasteiger partial charge on any atom is -0.368 e. The Hall–Kier alpha value is -1.39. The monoisotopic (exact) mass is 287 g/mol. The van der Waals surface area contributed by atoms with E-state index in [1.807, 2.05) is 30.3 Å². The molecule has 114 valence electrons. The van der Waals surface area contributed by atoms with Crippen LogP contribution in [-0.2, 0) is 4.79 Å². The number of nitrogens with zero attached hydrogens (tertiary/aromatic N) is 2. The first kappa shape index (κ1) is 14.5. The van der Waals surface area contributed by atoms with Crippen LogP contribution in [-0.4, -0.2) is 47.9 Å². The van der Waals surface area contributed by atoms with E-state index < -0.39 is 0 Å². The van der Waals surface area contributed by atoms with E-state index >= 15 is 0 Å². The van der Waals surface area contributed by atoms with Crippen LogP contribution in [0.5, 0.6) is 0 Å². The van der Waals surface area contributed by atoms with Crippen molar-refractivity contribution in [3.05, 3.63) is 35.9 Å². The van der Waals surface area contributed by atoms with Crippen molar-refractivity contribution in [3.8, 4) is 0 Å². The molecule has 1 heterocycles. The Labute approximate surface area is 126 Å². The SMILES string of the molecule is NC(=O)[C@@H](c1ccccc1)N1CCN(C2CCCC2)CC1. The van der Waals surface area contributed by atoms with Crippen LogP contribution in [0.25, 0.3) is 0 Å². The highest BCUT2D eigenvalue weighted by Crippen LogP contribution is 2.27. The minimum atomic E-state index is -0.281. The Morgan fingerprint density at radius 3 is 2.24 bits per heavy atom. The first-order valence-electron chi connectivity index (χ1n) is 8.08. The van der Waals surface area contributed by atoms with E-state index in [-0.39, 0.29) is 11.9 Å². The Morgan fingerprint density at radius 1 is 1.05 bits per heavy atom. The fourth-order valence-corrected chi connectivity index (χ4v) is 3.82. The zero-order valence-electron chi connectivity index (χ0n) is 12.6. The predicted octanol–water partition coefficient (Wildman–Crippen LogP) is 1.77.